The number of hydrogen-bond acceptors (Lipinski definition) is 4. The number of ether oxygens (including phenoxy) is 1. The molecule has 3 aromatic carbocycles. The molecule has 0 aliphatic rings. The number of amides is 1. The van der Waals surface area contributed by atoms with E-state index in [-0.39, 0.29) is 11.4 Å². The third-order valence-corrected chi connectivity index (χ3v) is 5.39. The average molecular weight is 384 g/mol. The summed E-state index contributed by atoms with van der Waals surface area (Å²) in [6, 6.07) is 21.3. The topological polar surface area (TPSA) is 84.5 Å². The predicted octanol–water partition coefficient (Wildman–Crippen LogP) is 3.76. The lowest BCUT2D eigenvalue weighted by molar-refractivity contribution is 0.122. The second kappa shape index (κ2) is 8.20. The van der Waals surface area contributed by atoms with Crippen molar-refractivity contribution >= 4 is 32.6 Å². The first-order valence-electron chi connectivity index (χ1n) is 8.46. The fourth-order valence-electron chi connectivity index (χ4n) is 2.61. The SMILES string of the molecule is C[C@@H](CNS(=O)(=O)c1ccccc1)OC(=O)Nc1cccc2ccccc12. The first-order chi connectivity index (χ1) is 13.0. The zero-order valence-corrected chi connectivity index (χ0v) is 15.6. The minimum absolute atomic E-state index is 0.0276. The van der Waals surface area contributed by atoms with Crippen LogP contribution in [0.2, 0.25) is 0 Å². The highest BCUT2D eigenvalue weighted by Crippen LogP contribution is 2.23. The Balaban J connectivity index is 1.58. The molecule has 0 saturated heterocycles. The van der Waals surface area contributed by atoms with Crippen LogP contribution in [0.3, 0.4) is 0 Å². The van der Waals surface area contributed by atoms with Crippen molar-refractivity contribution in [1.82, 2.24) is 4.72 Å². The number of sulfonamides is 1. The third kappa shape index (κ3) is 4.84. The maximum Gasteiger partial charge on any atom is 0.411 e. The van der Waals surface area contributed by atoms with Crippen LogP contribution in [0.4, 0.5) is 10.5 Å². The van der Waals surface area contributed by atoms with E-state index < -0.39 is 22.2 Å². The highest BCUT2D eigenvalue weighted by molar-refractivity contribution is 7.89. The van der Waals surface area contributed by atoms with Crippen LogP contribution >= 0.6 is 0 Å². The predicted molar refractivity (Wildman–Crippen MR) is 105 cm³/mol. The molecule has 0 aromatic heterocycles. The van der Waals surface area contributed by atoms with Gasteiger partial charge in [-0.05, 0) is 30.5 Å². The summed E-state index contributed by atoms with van der Waals surface area (Å²) in [5.74, 6) is 0. The Bertz CT molecular complexity index is 1030. The van der Waals surface area contributed by atoms with Crippen molar-refractivity contribution in [3.05, 3.63) is 72.8 Å². The first kappa shape index (κ1) is 18.9. The standard InChI is InChI=1S/C20H20N2O4S/c1-15(14-21-27(24,25)17-10-3-2-4-11-17)26-20(23)22-19-13-7-9-16-8-5-6-12-18(16)19/h2-13,15,21H,14H2,1H3,(H,22,23)/t15-/m0/s1. The number of fused-ring (bicyclic) bond motifs is 1. The lowest BCUT2D eigenvalue weighted by atomic mass is 10.1. The van der Waals surface area contributed by atoms with Gasteiger partial charge in [0.25, 0.3) is 0 Å². The maximum atomic E-state index is 12.2. The van der Waals surface area contributed by atoms with Gasteiger partial charge in [0.1, 0.15) is 6.10 Å². The highest BCUT2D eigenvalue weighted by Gasteiger charge is 2.17. The molecule has 0 aliphatic heterocycles. The number of rotatable bonds is 6. The molecule has 0 fully saturated rings. The maximum absolute atomic E-state index is 12.2. The molecule has 3 rings (SSSR count). The van der Waals surface area contributed by atoms with E-state index in [1.807, 2.05) is 36.4 Å². The zero-order chi connectivity index (χ0) is 19.3. The Morgan fingerprint density at radius 2 is 1.63 bits per heavy atom. The molecule has 6 nitrogen and oxygen atoms in total. The monoisotopic (exact) mass is 384 g/mol. The van der Waals surface area contributed by atoms with E-state index in [0.29, 0.717) is 5.69 Å². The van der Waals surface area contributed by atoms with Gasteiger partial charge in [0.05, 0.1) is 10.6 Å². The Morgan fingerprint density at radius 1 is 0.963 bits per heavy atom. The zero-order valence-electron chi connectivity index (χ0n) is 14.8. The molecule has 0 heterocycles. The van der Waals surface area contributed by atoms with Crippen LogP contribution in [0.5, 0.6) is 0 Å². The van der Waals surface area contributed by atoms with Gasteiger partial charge in [0.15, 0.2) is 0 Å². The Hall–Kier alpha value is -2.90. The summed E-state index contributed by atoms with van der Waals surface area (Å²) in [4.78, 5) is 12.3. The van der Waals surface area contributed by atoms with Crippen LogP contribution in [0.1, 0.15) is 6.92 Å². The van der Waals surface area contributed by atoms with E-state index >= 15 is 0 Å². The summed E-state index contributed by atoms with van der Waals surface area (Å²) >= 11 is 0. The van der Waals surface area contributed by atoms with Crippen LogP contribution < -0.4 is 10.0 Å². The van der Waals surface area contributed by atoms with Crippen LogP contribution in [-0.4, -0.2) is 27.2 Å². The van der Waals surface area contributed by atoms with E-state index in [9.17, 15) is 13.2 Å². The minimum atomic E-state index is -3.64. The average Bonchev–Trinajstić information content (AvgIpc) is 2.67. The largest absolute Gasteiger partial charge is 0.445 e. The van der Waals surface area contributed by atoms with Gasteiger partial charge in [0, 0.05) is 11.9 Å². The number of hydrogen-bond donors (Lipinski definition) is 2. The van der Waals surface area contributed by atoms with Crippen molar-refractivity contribution in [2.45, 2.75) is 17.9 Å². The lowest BCUT2D eigenvalue weighted by Gasteiger charge is -2.15. The van der Waals surface area contributed by atoms with Gasteiger partial charge in [-0.25, -0.2) is 17.9 Å². The van der Waals surface area contributed by atoms with E-state index in [2.05, 4.69) is 10.0 Å². The normalized spacial score (nSPS) is 12.5. The minimum Gasteiger partial charge on any atom is -0.445 e. The van der Waals surface area contributed by atoms with E-state index in [0.717, 1.165) is 10.8 Å². The molecular formula is C20H20N2O4S. The Kier molecular flexibility index (Phi) is 5.73. The molecule has 27 heavy (non-hydrogen) atoms. The molecule has 140 valence electrons. The van der Waals surface area contributed by atoms with Gasteiger partial charge in [0.2, 0.25) is 10.0 Å². The molecule has 3 aromatic rings. The van der Waals surface area contributed by atoms with Crippen molar-refractivity contribution in [1.29, 1.82) is 0 Å². The molecule has 2 N–H and O–H groups in total. The number of anilines is 1. The number of benzene rings is 3. The molecule has 0 bridgehead atoms. The van der Waals surface area contributed by atoms with Gasteiger partial charge in [-0.15, -0.1) is 0 Å². The Morgan fingerprint density at radius 3 is 2.41 bits per heavy atom. The number of carbonyl (C=O) groups is 1. The molecule has 0 radical (unpaired) electrons. The van der Waals surface area contributed by atoms with Crippen LogP contribution in [0.15, 0.2) is 77.7 Å². The first-order valence-corrected chi connectivity index (χ1v) is 9.94. The van der Waals surface area contributed by atoms with Gasteiger partial charge in [-0.1, -0.05) is 54.6 Å². The fraction of sp³-hybridized carbons (Fsp3) is 0.150. The molecule has 0 saturated carbocycles. The molecule has 0 aliphatic carbocycles. The lowest BCUT2D eigenvalue weighted by Crippen LogP contribution is -2.34. The van der Waals surface area contributed by atoms with E-state index in [4.69, 9.17) is 4.74 Å². The van der Waals surface area contributed by atoms with Gasteiger partial charge in [-0.2, -0.15) is 0 Å². The van der Waals surface area contributed by atoms with E-state index in [1.165, 1.54) is 12.1 Å². The van der Waals surface area contributed by atoms with Crippen LogP contribution in [0, 0.1) is 0 Å². The summed E-state index contributed by atoms with van der Waals surface area (Å²) in [5.41, 5.74) is 0.634. The summed E-state index contributed by atoms with van der Waals surface area (Å²) in [6.45, 7) is 1.59. The van der Waals surface area contributed by atoms with Gasteiger partial charge >= 0.3 is 6.09 Å². The van der Waals surface area contributed by atoms with Crippen molar-refractivity contribution < 1.29 is 17.9 Å². The second-order valence-corrected chi connectivity index (χ2v) is 7.80. The molecule has 1 atom stereocenters. The third-order valence-electron chi connectivity index (χ3n) is 3.95. The highest BCUT2D eigenvalue weighted by atomic mass is 32.2. The molecule has 0 unspecified atom stereocenters. The van der Waals surface area contributed by atoms with Crippen molar-refractivity contribution in [3.63, 3.8) is 0 Å². The number of nitrogens with one attached hydrogen (secondary N) is 2. The Labute approximate surface area is 158 Å². The van der Waals surface area contributed by atoms with Gasteiger partial charge < -0.3 is 4.74 Å². The van der Waals surface area contributed by atoms with Crippen molar-refractivity contribution in [3.8, 4) is 0 Å². The quantitative estimate of drug-likeness (QED) is 0.678. The van der Waals surface area contributed by atoms with Crippen molar-refractivity contribution in [2.75, 3.05) is 11.9 Å². The molecule has 0 spiro atoms. The van der Waals surface area contributed by atoms with Crippen LogP contribution in [-0.2, 0) is 14.8 Å². The number of carbonyl (C=O) groups excluding carboxylic acids is 1. The van der Waals surface area contributed by atoms with E-state index in [1.54, 1.807) is 31.2 Å². The second-order valence-electron chi connectivity index (χ2n) is 6.03. The molecular weight excluding hydrogens is 364 g/mol. The smallest absolute Gasteiger partial charge is 0.411 e. The summed E-state index contributed by atoms with van der Waals surface area (Å²) in [7, 11) is -3.64. The summed E-state index contributed by atoms with van der Waals surface area (Å²) in [5, 5.41) is 4.60. The molecule has 1 amide bonds. The van der Waals surface area contributed by atoms with Crippen LogP contribution in [0.25, 0.3) is 10.8 Å². The molecule has 7 heteroatoms. The van der Waals surface area contributed by atoms with Gasteiger partial charge in [-0.3, -0.25) is 5.32 Å². The summed E-state index contributed by atoms with van der Waals surface area (Å²) in [6.07, 6.45) is -1.28. The summed E-state index contributed by atoms with van der Waals surface area (Å²) < 4.78 is 32.1. The fourth-order valence-corrected chi connectivity index (χ4v) is 3.74. The van der Waals surface area contributed by atoms with Crippen molar-refractivity contribution in [2.24, 2.45) is 0 Å².